The Labute approximate surface area is 761 Å². The molecule has 20 nitrogen and oxygen atoms in total. The minimum Gasteiger partial charge on any atom is -0.498 e. The van der Waals surface area contributed by atoms with Crippen molar-refractivity contribution in [1.82, 2.24) is 0 Å². The molecule has 22 heteroatoms. The van der Waals surface area contributed by atoms with Gasteiger partial charge in [0.1, 0.15) is 63.7 Å². The standard InChI is InChI=1S/C53H67NO9Si.C47H53NO9.C6H14Si/c1-9-10-35-53(41-23-27-43(59-5)28-24-41,48-36-47(63-54-48)37-64(6,7)8)42-25-33-46(34-26-42)62-51(58)18-14-13-17-50(57)61-45-31-21-40(22-32-45)52(3,4)39-19-29-44(30-20-39)60-49(56)16-12-11-15-38(2)55;1-6-7-32-47(33-48-53,37-20-24-39(54-5)25-21-37)38-22-30-42(31-23-38)57-45(52)15-11-10-14-44(51)56-41-28-18-36(19-29-41)46(3,4)35-16-26-40(27-17-35)55-43(50)13-9-8-12-34(2)49;1-5-6-7(2,3)4/h19-34,47H,9-18,35-37H2,1-8H3;16-31H,6-15,32H2,1-5H3;5H,1,6H2,2-4H3. The van der Waals surface area contributed by atoms with Crippen molar-refractivity contribution in [1.29, 1.82) is 0 Å². The molecule has 8 aromatic carbocycles. The second-order valence-corrected chi connectivity index (χ2v) is 47.5. The summed E-state index contributed by atoms with van der Waals surface area (Å²) in [5.41, 5.74) is 6.82. The lowest BCUT2D eigenvalue weighted by molar-refractivity contribution is -0.136. The van der Waals surface area contributed by atoms with E-state index < -0.39 is 38.9 Å². The molecule has 0 N–H and O–H groups in total. The summed E-state index contributed by atoms with van der Waals surface area (Å²) < 4.78 is 44.2. The molecule has 0 aromatic heterocycles. The molecule has 0 aliphatic carbocycles. The van der Waals surface area contributed by atoms with E-state index in [1.807, 2.05) is 127 Å². The lowest BCUT2D eigenvalue weighted by atomic mass is 9.66. The molecule has 0 bridgehead atoms. The molecule has 1 heterocycles. The van der Waals surface area contributed by atoms with Crippen LogP contribution in [-0.2, 0) is 64.9 Å². The molecule has 0 amide bonds. The summed E-state index contributed by atoms with van der Waals surface area (Å²) >= 11 is 0. The van der Waals surface area contributed by atoms with Gasteiger partial charge in [-0.15, -0.1) is 6.58 Å². The van der Waals surface area contributed by atoms with Crippen molar-refractivity contribution < 1.29 is 81.1 Å². The van der Waals surface area contributed by atoms with Crippen LogP contribution in [0.25, 0.3) is 5.01 Å². The summed E-state index contributed by atoms with van der Waals surface area (Å²) in [7, 11) is 1.10. The third-order valence-electron chi connectivity index (χ3n) is 22.8. The highest BCUT2D eigenvalue weighted by molar-refractivity contribution is 6.76. The van der Waals surface area contributed by atoms with Crippen molar-refractivity contribution in [3.05, 3.63) is 262 Å². The minimum absolute atomic E-state index is 0.0636. The van der Waals surface area contributed by atoms with Crippen LogP contribution >= 0.6 is 0 Å². The van der Waals surface area contributed by atoms with E-state index in [-0.39, 0.29) is 90.9 Å². The average molecular weight is 1780 g/mol. The number of unbranched alkanes of at least 4 members (excludes halogenated alkanes) is 6. The summed E-state index contributed by atoms with van der Waals surface area (Å²) in [5.74, 6) is 2.21. The van der Waals surface area contributed by atoms with Gasteiger partial charge in [-0.25, -0.2) is 0 Å². The van der Waals surface area contributed by atoms with Gasteiger partial charge in [0.2, 0.25) is 0 Å². The van der Waals surface area contributed by atoms with Crippen molar-refractivity contribution in [2.24, 2.45) is 5.16 Å². The Hall–Kier alpha value is -11.5. The smallest absolute Gasteiger partial charge is 0.314 e. The number of ketones is 2. The Morgan fingerprint density at radius 1 is 0.398 bits per heavy atom. The molecule has 1 aliphatic rings. The maximum absolute atomic E-state index is 12.9. The Morgan fingerprint density at radius 3 is 0.891 bits per heavy atom. The summed E-state index contributed by atoms with van der Waals surface area (Å²) in [4.78, 5) is 104. The second kappa shape index (κ2) is 50.9. The third kappa shape index (κ3) is 33.3. The fourth-order valence-corrected chi connectivity index (χ4v) is 17.8. The van der Waals surface area contributed by atoms with E-state index in [1.54, 1.807) is 88.7 Å². The van der Waals surface area contributed by atoms with Crippen LogP contribution in [0, 0.1) is 11.3 Å². The van der Waals surface area contributed by atoms with Gasteiger partial charge in [0.25, 0.3) is 0 Å². The highest BCUT2D eigenvalue weighted by Gasteiger charge is 2.45. The fourth-order valence-electron chi connectivity index (χ4n) is 15.4. The van der Waals surface area contributed by atoms with Crippen molar-refractivity contribution in [3.8, 4) is 52.1 Å². The van der Waals surface area contributed by atoms with E-state index in [0.717, 1.165) is 101 Å². The summed E-state index contributed by atoms with van der Waals surface area (Å²) in [6.07, 6.45) is 14.6. The molecule has 3 atom stereocenters. The molecule has 0 radical (unpaired) electrons. The minimum atomic E-state index is -1.39. The molecule has 8 aromatic rings. The van der Waals surface area contributed by atoms with Gasteiger partial charge in [0, 0.05) is 89.8 Å². The van der Waals surface area contributed by atoms with Gasteiger partial charge in [-0.1, -0.05) is 215 Å². The molecular formula is C106H134N2O18Si2. The molecule has 128 heavy (non-hydrogen) atoms. The number of rotatable bonds is 47. The number of ether oxygens (including phenoxy) is 8. The van der Waals surface area contributed by atoms with Crippen LogP contribution in [0.2, 0.25) is 51.4 Å². The van der Waals surface area contributed by atoms with Gasteiger partial charge in [-0.3, -0.25) is 28.8 Å². The number of benzene rings is 8. The van der Waals surface area contributed by atoms with Crippen molar-refractivity contribution in [2.45, 2.75) is 282 Å². The Balaban J connectivity index is 0.000000328. The molecule has 0 saturated heterocycles. The van der Waals surface area contributed by atoms with E-state index in [1.165, 1.54) is 6.04 Å². The summed E-state index contributed by atoms with van der Waals surface area (Å²) in [6, 6.07) is 65.3. The first-order chi connectivity index (χ1) is 61.0. The normalized spacial score (nSPS) is 13.3. The molecule has 0 fully saturated rings. The number of methoxy groups -OCH3 is 2. The van der Waals surface area contributed by atoms with Crippen LogP contribution in [0.15, 0.2) is 212 Å². The van der Waals surface area contributed by atoms with Crippen LogP contribution in [-0.4, -0.2) is 89.6 Å². The predicted octanol–water partition coefficient (Wildman–Crippen LogP) is 25.1. The molecular weight excluding hydrogens is 1650 g/mol. The second-order valence-electron chi connectivity index (χ2n) is 36.4. The van der Waals surface area contributed by atoms with Gasteiger partial charge >= 0.3 is 41.9 Å². The van der Waals surface area contributed by atoms with Crippen molar-refractivity contribution in [2.75, 3.05) is 14.2 Å². The van der Waals surface area contributed by atoms with Crippen LogP contribution in [0.3, 0.4) is 0 Å². The molecule has 1 aliphatic heterocycles. The first-order valence-corrected chi connectivity index (χ1v) is 52.5. The molecule has 684 valence electrons. The van der Waals surface area contributed by atoms with Gasteiger partial charge in [-0.2, -0.15) is 0 Å². The Kier molecular flexibility index (Phi) is 41.1. The lowest BCUT2D eigenvalue weighted by Gasteiger charge is -2.35. The largest absolute Gasteiger partial charge is 0.498 e. The number of nitrogens with zero attached hydrogens (tertiary/aromatic N) is 2. The fraction of sp³-hybridized carbons (Fsp3) is 0.434. The van der Waals surface area contributed by atoms with Crippen molar-refractivity contribution in [3.63, 3.8) is 0 Å². The molecule has 0 saturated carbocycles. The zero-order valence-electron chi connectivity index (χ0n) is 78.3. The van der Waals surface area contributed by atoms with Gasteiger partial charge < -0.3 is 57.5 Å². The highest BCUT2D eigenvalue weighted by Crippen LogP contribution is 2.45. The Morgan fingerprint density at radius 2 is 0.656 bits per heavy atom. The van der Waals surface area contributed by atoms with Gasteiger partial charge in [-0.05, 0) is 232 Å². The zero-order chi connectivity index (χ0) is 93.5. The number of hydrogen-bond acceptors (Lipinski definition) is 19. The van der Waals surface area contributed by atoms with Crippen molar-refractivity contribution >= 4 is 69.2 Å². The number of allylic oxidation sites excluding steroid dienone is 1. The maximum atomic E-state index is 12.9. The first-order valence-electron chi connectivity index (χ1n) is 45.1. The number of esters is 6. The lowest BCUT2D eigenvalue weighted by Crippen LogP contribution is -2.38. The van der Waals surface area contributed by atoms with Gasteiger partial charge in [0.05, 0.1) is 25.3 Å². The van der Waals surface area contributed by atoms with E-state index in [9.17, 15) is 43.6 Å². The molecule has 0 spiro atoms. The molecule has 9 rings (SSSR count). The number of Topliss-reactive ketones (excluding diaryl/α,β-unsaturated/α-hetero) is 2. The number of hydrogen-bond donors (Lipinski definition) is 0. The number of carbonyl (C=O) groups excluding carboxylic acids is 8. The quantitative estimate of drug-likeness (QED) is 0.00857. The monoisotopic (exact) mass is 1780 g/mol. The van der Waals surface area contributed by atoms with Crippen LogP contribution in [0.4, 0.5) is 0 Å². The SMILES string of the molecule is C=CC[Si](C)(C)C.CCCCC(C#[N+][O-])(c1ccc(OC)cc1)c1ccc(OC(=O)CCCCC(=O)Oc2ccc(C(C)(C)c3ccc(OC(=O)CCCCC(C)=O)cc3)cc2)cc1.CCCCC(C1=NOC(C[Si](C)(C)C)C1)(c1ccc(OC)cc1)c1ccc(OC(=O)CCCCC(=O)Oc2ccc(C(C)(C)c3ccc(OC(=O)CCCCC(C)=O)cc3)cc2)cc1. The van der Waals surface area contributed by atoms with E-state index in [2.05, 4.69) is 111 Å². The summed E-state index contributed by atoms with van der Waals surface area (Å²) in [6.45, 7) is 33.5. The average Bonchev–Trinajstić information content (AvgIpc) is 1.43. The topological polar surface area (TPSA) is 259 Å². The highest BCUT2D eigenvalue weighted by atomic mass is 28.3. The van der Waals surface area contributed by atoms with Gasteiger partial charge in [0.15, 0.2) is 5.41 Å². The summed E-state index contributed by atoms with van der Waals surface area (Å²) in [5, 5.41) is 19.4. The zero-order valence-corrected chi connectivity index (χ0v) is 80.3. The maximum Gasteiger partial charge on any atom is 0.314 e. The molecule has 3 unspecified atom stereocenters. The van der Waals surface area contributed by atoms with Crippen LogP contribution < -0.4 is 37.9 Å². The number of oxime groups is 1. The third-order valence-corrected chi connectivity index (χ3v) is 26.0. The predicted molar refractivity (Wildman–Crippen MR) is 513 cm³/mol. The first kappa shape index (κ1) is 104. The van der Waals surface area contributed by atoms with E-state index in [4.69, 9.17) is 47.9 Å². The van der Waals surface area contributed by atoms with Crippen LogP contribution in [0.5, 0.6) is 46.0 Å². The van der Waals surface area contributed by atoms with E-state index in [0.29, 0.717) is 111 Å². The van der Waals surface area contributed by atoms with E-state index >= 15 is 0 Å². The van der Waals surface area contributed by atoms with Crippen LogP contribution in [0.1, 0.15) is 248 Å². The number of carbonyl (C=O) groups is 8. The Bertz CT molecular complexity index is 4980.